The molecule has 1 aromatic heterocycles. The van der Waals surface area contributed by atoms with Gasteiger partial charge >= 0.3 is 0 Å². The highest BCUT2D eigenvalue weighted by Crippen LogP contribution is 2.30. The van der Waals surface area contributed by atoms with Gasteiger partial charge in [-0.05, 0) is 30.9 Å². The smallest absolute Gasteiger partial charge is 0.276 e. The maximum atomic E-state index is 12.8. The number of aromatic nitrogens is 1. The summed E-state index contributed by atoms with van der Waals surface area (Å²) in [5, 5.41) is 3.92. The van der Waals surface area contributed by atoms with Crippen LogP contribution in [0.1, 0.15) is 34.7 Å². The Kier molecular flexibility index (Phi) is 4.44. The van der Waals surface area contributed by atoms with Gasteiger partial charge in [-0.3, -0.25) is 4.79 Å². The molecule has 2 aromatic rings. The Balaban J connectivity index is 1.46. The van der Waals surface area contributed by atoms with Crippen LogP contribution in [0.2, 0.25) is 0 Å². The summed E-state index contributed by atoms with van der Waals surface area (Å²) in [4.78, 5) is 17.2. The lowest BCUT2D eigenvalue weighted by atomic mass is 10.1. The maximum absolute atomic E-state index is 12.8. The maximum Gasteiger partial charge on any atom is 0.276 e. The molecule has 1 amide bonds. The zero-order chi connectivity index (χ0) is 17.2. The average Bonchev–Trinajstić information content (AvgIpc) is 3.35. The van der Waals surface area contributed by atoms with Crippen molar-refractivity contribution in [2.75, 3.05) is 31.6 Å². The van der Waals surface area contributed by atoms with Crippen LogP contribution in [-0.4, -0.2) is 48.7 Å². The number of likely N-dealkylation sites (tertiary alicyclic amines) is 1. The number of hydrogen-bond donors (Lipinski definition) is 0. The predicted molar refractivity (Wildman–Crippen MR) is 93.6 cm³/mol. The number of carbonyl (C=O) groups is 1. The number of methoxy groups -OCH3 is 1. The Hall–Kier alpha value is -2.34. The van der Waals surface area contributed by atoms with Crippen molar-refractivity contribution in [3.63, 3.8) is 0 Å². The largest absolute Gasteiger partial charge is 0.377 e. The predicted octanol–water partition coefficient (Wildman–Crippen LogP) is 2.49. The van der Waals surface area contributed by atoms with Crippen LogP contribution in [0.25, 0.3) is 0 Å². The molecule has 6 nitrogen and oxygen atoms in total. The van der Waals surface area contributed by atoms with Gasteiger partial charge in [-0.2, -0.15) is 0 Å². The molecule has 1 atom stereocenters. The SMILES string of the molecule is COCc1cc(C(=O)N2CCCC2CN2CCc3ccccc32)no1. The Morgan fingerprint density at radius 2 is 2.24 bits per heavy atom. The molecule has 3 heterocycles. The lowest BCUT2D eigenvalue weighted by Crippen LogP contribution is -2.43. The fourth-order valence-electron chi connectivity index (χ4n) is 3.91. The zero-order valence-electron chi connectivity index (χ0n) is 14.5. The third kappa shape index (κ3) is 3.14. The van der Waals surface area contributed by atoms with E-state index in [0.29, 0.717) is 18.1 Å². The number of fused-ring (bicyclic) bond motifs is 1. The van der Waals surface area contributed by atoms with Crippen molar-refractivity contribution in [1.29, 1.82) is 0 Å². The second-order valence-corrected chi connectivity index (χ2v) is 6.73. The minimum Gasteiger partial charge on any atom is -0.377 e. The summed E-state index contributed by atoms with van der Waals surface area (Å²) in [5.74, 6) is 0.538. The standard InChI is InChI=1S/C19H23N3O3/c1-24-13-16-11-17(20-25-16)19(23)22-9-4-6-15(22)12-21-10-8-14-5-2-3-7-18(14)21/h2-3,5,7,11,15H,4,6,8-10,12-13H2,1H3. The molecule has 25 heavy (non-hydrogen) atoms. The lowest BCUT2D eigenvalue weighted by molar-refractivity contribution is 0.0729. The minimum absolute atomic E-state index is 0.0407. The molecule has 1 unspecified atom stereocenters. The van der Waals surface area contributed by atoms with Crippen molar-refractivity contribution in [2.24, 2.45) is 0 Å². The lowest BCUT2D eigenvalue weighted by Gasteiger charge is -2.29. The number of rotatable bonds is 5. The minimum atomic E-state index is -0.0407. The van der Waals surface area contributed by atoms with Crippen LogP contribution in [0.5, 0.6) is 0 Å². The van der Waals surface area contributed by atoms with E-state index < -0.39 is 0 Å². The van der Waals surface area contributed by atoms with Gasteiger partial charge in [0.15, 0.2) is 11.5 Å². The van der Waals surface area contributed by atoms with Gasteiger partial charge in [-0.15, -0.1) is 0 Å². The molecule has 0 saturated carbocycles. The Morgan fingerprint density at radius 1 is 1.36 bits per heavy atom. The average molecular weight is 341 g/mol. The van der Waals surface area contributed by atoms with Gasteiger partial charge in [0, 0.05) is 44.5 Å². The third-order valence-corrected chi connectivity index (χ3v) is 5.12. The van der Waals surface area contributed by atoms with Crippen LogP contribution in [0.4, 0.5) is 5.69 Å². The van der Waals surface area contributed by atoms with Gasteiger partial charge in [0.2, 0.25) is 0 Å². The Labute approximate surface area is 147 Å². The first-order chi connectivity index (χ1) is 12.3. The molecule has 0 N–H and O–H groups in total. The number of ether oxygens (including phenoxy) is 1. The molecule has 1 aromatic carbocycles. The zero-order valence-corrected chi connectivity index (χ0v) is 14.5. The third-order valence-electron chi connectivity index (χ3n) is 5.12. The van der Waals surface area contributed by atoms with Gasteiger partial charge in [0.1, 0.15) is 6.61 Å². The quantitative estimate of drug-likeness (QED) is 0.836. The summed E-state index contributed by atoms with van der Waals surface area (Å²) in [5.41, 5.74) is 3.09. The molecule has 6 heteroatoms. The first-order valence-electron chi connectivity index (χ1n) is 8.84. The molecular weight excluding hydrogens is 318 g/mol. The summed E-state index contributed by atoms with van der Waals surface area (Å²) in [6, 6.07) is 10.5. The molecule has 1 saturated heterocycles. The first kappa shape index (κ1) is 16.1. The number of hydrogen-bond acceptors (Lipinski definition) is 5. The molecule has 1 fully saturated rings. The van der Waals surface area contributed by atoms with Crippen LogP contribution in [-0.2, 0) is 17.8 Å². The molecular formula is C19H23N3O3. The fraction of sp³-hybridized carbons (Fsp3) is 0.474. The van der Waals surface area contributed by atoms with E-state index in [0.717, 1.165) is 38.9 Å². The van der Waals surface area contributed by atoms with E-state index in [1.165, 1.54) is 11.3 Å². The molecule has 4 rings (SSSR count). The highest BCUT2D eigenvalue weighted by molar-refractivity contribution is 5.92. The van der Waals surface area contributed by atoms with Gasteiger partial charge in [0.25, 0.3) is 5.91 Å². The van der Waals surface area contributed by atoms with Crippen LogP contribution < -0.4 is 4.90 Å². The molecule has 0 spiro atoms. The van der Waals surface area contributed by atoms with E-state index in [1.54, 1.807) is 13.2 Å². The van der Waals surface area contributed by atoms with Gasteiger partial charge in [-0.25, -0.2) is 0 Å². The van der Waals surface area contributed by atoms with Crippen molar-refractivity contribution < 1.29 is 14.1 Å². The van der Waals surface area contributed by atoms with Crippen LogP contribution >= 0.6 is 0 Å². The topological polar surface area (TPSA) is 58.8 Å². The van der Waals surface area contributed by atoms with E-state index in [2.05, 4.69) is 34.3 Å². The highest BCUT2D eigenvalue weighted by atomic mass is 16.5. The second-order valence-electron chi connectivity index (χ2n) is 6.73. The van der Waals surface area contributed by atoms with E-state index in [-0.39, 0.29) is 11.9 Å². The molecule has 0 aliphatic carbocycles. The number of anilines is 1. The van der Waals surface area contributed by atoms with Crippen molar-refractivity contribution in [3.8, 4) is 0 Å². The summed E-state index contributed by atoms with van der Waals surface area (Å²) >= 11 is 0. The van der Waals surface area contributed by atoms with Crippen LogP contribution in [0.3, 0.4) is 0 Å². The number of nitrogens with zero attached hydrogens (tertiary/aromatic N) is 3. The molecule has 0 bridgehead atoms. The van der Waals surface area contributed by atoms with Crippen LogP contribution in [0, 0.1) is 0 Å². The normalized spacial score (nSPS) is 19.5. The van der Waals surface area contributed by atoms with E-state index in [1.807, 2.05) is 4.90 Å². The van der Waals surface area contributed by atoms with E-state index >= 15 is 0 Å². The van der Waals surface area contributed by atoms with Gasteiger partial charge in [-0.1, -0.05) is 23.4 Å². The second kappa shape index (κ2) is 6.88. The Morgan fingerprint density at radius 3 is 3.12 bits per heavy atom. The fourth-order valence-corrected chi connectivity index (χ4v) is 3.91. The molecule has 2 aliphatic heterocycles. The van der Waals surface area contributed by atoms with Crippen molar-refractivity contribution in [2.45, 2.75) is 31.9 Å². The number of amides is 1. The summed E-state index contributed by atoms with van der Waals surface area (Å²) in [6.45, 7) is 3.02. The van der Waals surface area contributed by atoms with Crippen molar-refractivity contribution >= 4 is 11.6 Å². The van der Waals surface area contributed by atoms with Gasteiger partial charge in [0.05, 0.1) is 0 Å². The first-order valence-corrected chi connectivity index (χ1v) is 8.84. The molecule has 132 valence electrons. The number of benzene rings is 1. The van der Waals surface area contributed by atoms with Crippen LogP contribution in [0.15, 0.2) is 34.9 Å². The number of para-hydroxylation sites is 1. The summed E-state index contributed by atoms with van der Waals surface area (Å²) in [7, 11) is 1.59. The molecule has 0 radical (unpaired) electrons. The Bertz CT molecular complexity index is 758. The van der Waals surface area contributed by atoms with E-state index in [4.69, 9.17) is 9.26 Å². The van der Waals surface area contributed by atoms with E-state index in [9.17, 15) is 4.79 Å². The number of carbonyl (C=O) groups excluding carboxylic acids is 1. The highest BCUT2D eigenvalue weighted by Gasteiger charge is 2.33. The summed E-state index contributed by atoms with van der Waals surface area (Å²) in [6.07, 6.45) is 3.16. The van der Waals surface area contributed by atoms with Gasteiger partial charge < -0.3 is 19.1 Å². The molecule has 2 aliphatic rings. The summed E-state index contributed by atoms with van der Waals surface area (Å²) < 4.78 is 10.2. The van der Waals surface area contributed by atoms with Crippen molar-refractivity contribution in [1.82, 2.24) is 10.1 Å². The monoisotopic (exact) mass is 341 g/mol. The van der Waals surface area contributed by atoms with Crippen molar-refractivity contribution in [3.05, 3.63) is 47.3 Å².